The van der Waals surface area contributed by atoms with Gasteiger partial charge < -0.3 is 15.2 Å². The lowest BCUT2D eigenvalue weighted by atomic mass is 9.98. The Hall–Kier alpha value is -2.40. The van der Waals surface area contributed by atoms with Crippen LogP contribution in [0.5, 0.6) is 5.75 Å². The van der Waals surface area contributed by atoms with Crippen molar-refractivity contribution in [2.24, 2.45) is 0 Å². The average Bonchev–Trinajstić information content (AvgIpc) is 2.60. The predicted molar refractivity (Wildman–Crippen MR) is 90.4 cm³/mol. The molecule has 128 valence electrons. The lowest BCUT2D eigenvalue weighted by molar-refractivity contribution is -0.123. The molecule has 0 radical (unpaired) electrons. The van der Waals surface area contributed by atoms with Gasteiger partial charge in [0, 0.05) is 0 Å². The number of carbonyl (C=O) groups excluding carboxylic acids is 1. The number of hydrogen-bond donors (Lipinski definition) is 2. The molecule has 0 saturated heterocycles. The van der Waals surface area contributed by atoms with Gasteiger partial charge in [0.1, 0.15) is 11.6 Å². The van der Waals surface area contributed by atoms with Crippen LogP contribution in [0.4, 0.5) is 4.39 Å². The monoisotopic (exact) mass is 331 g/mol. The molecule has 2 N–H and O–H groups in total. The van der Waals surface area contributed by atoms with E-state index < -0.39 is 23.9 Å². The molecule has 2 aromatic carbocycles. The smallest absolute Gasteiger partial charge is 0.227 e. The van der Waals surface area contributed by atoms with Crippen molar-refractivity contribution in [3.8, 4) is 5.75 Å². The molecule has 0 spiro atoms. The SMILES string of the molecule is COc1ccc(C(O)C(C)NC(=O)C(C)c2ccccc2F)cc1. The highest BCUT2D eigenvalue weighted by Crippen LogP contribution is 2.22. The molecule has 0 saturated carbocycles. The molecule has 24 heavy (non-hydrogen) atoms. The third-order valence-electron chi connectivity index (χ3n) is 4.07. The molecule has 2 aromatic rings. The van der Waals surface area contributed by atoms with Gasteiger partial charge in [-0.05, 0) is 43.2 Å². The van der Waals surface area contributed by atoms with Crippen molar-refractivity contribution in [3.05, 3.63) is 65.5 Å². The highest BCUT2D eigenvalue weighted by atomic mass is 19.1. The van der Waals surface area contributed by atoms with Crippen molar-refractivity contribution in [1.29, 1.82) is 0 Å². The minimum Gasteiger partial charge on any atom is -0.497 e. The van der Waals surface area contributed by atoms with Gasteiger partial charge in [-0.1, -0.05) is 30.3 Å². The number of amides is 1. The van der Waals surface area contributed by atoms with E-state index in [2.05, 4.69) is 5.32 Å². The molecule has 0 fully saturated rings. The summed E-state index contributed by atoms with van der Waals surface area (Å²) in [6, 6.07) is 12.7. The Labute approximate surface area is 141 Å². The van der Waals surface area contributed by atoms with E-state index >= 15 is 0 Å². The number of benzene rings is 2. The van der Waals surface area contributed by atoms with Crippen LogP contribution in [0.1, 0.15) is 37.0 Å². The number of aliphatic hydroxyl groups is 1. The second-order valence-corrected chi connectivity index (χ2v) is 5.76. The predicted octanol–water partition coefficient (Wildman–Crippen LogP) is 3.18. The van der Waals surface area contributed by atoms with E-state index in [1.54, 1.807) is 63.4 Å². The minimum absolute atomic E-state index is 0.333. The van der Waals surface area contributed by atoms with Crippen LogP contribution in [0.3, 0.4) is 0 Å². The Kier molecular flexibility index (Phi) is 5.93. The van der Waals surface area contributed by atoms with Crippen LogP contribution in [-0.2, 0) is 4.79 Å². The normalized spacial score (nSPS) is 14.5. The summed E-state index contributed by atoms with van der Waals surface area (Å²) in [5.74, 6) is -0.698. The van der Waals surface area contributed by atoms with Gasteiger partial charge in [-0.25, -0.2) is 4.39 Å². The molecule has 0 aliphatic carbocycles. The third-order valence-corrected chi connectivity index (χ3v) is 4.07. The summed E-state index contributed by atoms with van der Waals surface area (Å²) >= 11 is 0. The Balaban J connectivity index is 2.03. The molecule has 1 amide bonds. The molecule has 3 atom stereocenters. The maximum Gasteiger partial charge on any atom is 0.227 e. The van der Waals surface area contributed by atoms with E-state index in [1.807, 2.05) is 0 Å². The summed E-state index contributed by atoms with van der Waals surface area (Å²) in [4.78, 5) is 12.3. The number of rotatable bonds is 6. The Morgan fingerprint density at radius 3 is 2.33 bits per heavy atom. The molecule has 4 nitrogen and oxygen atoms in total. The molecular weight excluding hydrogens is 309 g/mol. The summed E-state index contributed by atoms with van der Waals surface area (Å²) in [7, 11) is 1.57. The van der Waals surface area contributed by atoms with Crippen LogP contribution in [-0.4, -0.2) is 24.2 Å². The van der Waals surface area contributed by atoms with E-state index in [0.29, 0.717) is 16.9 Å². The molecule has 0 aromatic heterocycles. The fraction of sp³-hybridized carbons (Fsp3) is 0.316. The number of nitrogens with one attached hydrogen (secondary N) is 1. The molecular formula is C19H22FNO3. The Bertz CT molecular complexity index is 687. The van der Waals surface area contributed by atoms with Crippen molar-refractivity contribution in [2.75, 3.05) is 7.11 Å². The number of methoxy groups -OCH3 is 1. The first-order chi connectivity index (χ1) is 11.4. The lowest BCUT2D eigenvalue weighted by Crippen LogP contribution is -2.39. The first-order valence-electron chi connectivity index (χ1n) is 7.81. The molecule has 0 bridgehead atoms. The molecule has 0 heterocycles. The second-order valence-electron chi connectivity index (χ2n) is 5.76. The summed E-state index contributed by atoms with van der Waals surface area (Å²) in [5.41, 5.74) is 1.00. The third kappa shape index (κ3) is 4.11. The van der Waals surface area contributed by atoms with Crippen molar-refractivity contribution >= 4 is 5.91 Å². The fourth-order valence-corrected chi connectivity index (χ4v) is 2.49. The zero-order chi connectivity index (χ0) is 17.7. The van der Waals surface area contributed by atoms with Crippen LogP contribution >= 0.6 is 0 Å². The fourth-order valence-electron chi connectivity index (χ4n) is 2.49. The van der Waals surface area contributed by atoms with Crippen molar-refractivity contribution < 1.29 is 19.0 Å². The molecule has 0 aliphatic heterocycles. The van der Waals surface area contributed by atoms with E-state index in [9.17, 15) is 14.3 Å². The van der Waals surface area contributed by atoms with Crippen molar-refractivity contribution in [3.63, 3.8) is 0 Å². The summed E-state index contributed by atoms with van der Waals surface area (Å²) in [5, 5.41) is 13.1. The van der Waals surface area contributed by atoms with Crippen LogP contribution in [0.2, 0.25) is 0 Å². The number of hydrogen-bond acceptors (Lipinski definition) is 3. The van der Waals surface area contributed by atoms with Gasteiger partial charge in [-0.15, -0.1) is 0 Å². The van der Waals surface area contributed by atoms with Gasteiger partial charge >= 0.3 is 0 Å². The van der Waals surface area contributed by atoms with Crippen LogP contribution in [0, 0.1) is 5.82 Å². The Morgan fingerprint density at radius 1 is 1.12 bits per heavy atom. The van der Waals surface area contributed by atoms with Gasteiger partial charge in [0.05, 0.1) is 25.2 Å². The summed E-state index contributed by atoms with van der Waals surface area (Å²) < 4.78 is 18.9. The van der Waals surface area contributed by atoms with E-state index in [4.69, 9.17) is 4.74 Å². The molecule has 2 rings (SSSR count). The van der Waals surface area contributed by atoms with E-state index in [1.165, 1.54) is 6.07 Å². The van der Waals surface area contributed by atoms with E-state index in [-0.39, 0.29) is 5.91 Å². The van der Waals surface area contributed by atoms with Gasteiger partial charge in [-0.2, -0.15) is 0 Å². The highest BCUT2D eigenvalue weighted by molar-refractivity contribution is 5.83. The van der Waals surface area contributed by atoms with Crippen LogP contribution in [0.15, 0.2) is 48.5 Å². The van der Waals surface area contributed by atoms with Gasteiger partial charge in [0.25, 0.3) is 0 Å². The largest absolute Gasteiger partial charge is 0.497 e. The zero-order valence-corrected chi connectivity index (χ0v) is 14.0. The maximum absolute atomic E-state index is 13.8. The average molecular weight is 331 g/mol. The number of halogens is 1. The van der Waals surface area contributed by atoms with E-state index in [0.717, 1.165) is 0 Å². The highest BCUT2D eigenvalue weighted by Gasteiger charge is 2.23. The number of ether oxygens (including phenoxy) is 1. The van der Waals surface area contributed by atoms with Crippen LogP contribution < -0.4 is 10.1 Å². The lowest BCUT2D eigenvalue weighted by Gasteiger charge is -2.23. The van der Waals surface area contributed by atoms with Crippen molar-refractivity contribution in [2.45, 2.75) is 31.9 Å². The maximum atomic E-state index is 13.8. The van der Waals surface area contributed by atoms with Crippen LogP contribution in [0.25, 0.3) is 0 Å². The van der Waals surface area contributed by atoms with Gasteiger partial charge in [-0.3, -0.25) is 4.79 Å². The first kappa shape index (κ1) is 17.9. The second kappa shape index (κ2) is 7.93. The molecule has 0 aliphatic rings. The zero-order valence-electron chi connectivity index (χ0n) is 14.0. The number of carbonyl (C=O) groups is 1. The topological polar surface area (TPSA) is 58.6 Å². The number of aliphatic hydroxyl groups excluding tert-OH is 1. The first-order valence-corrected chi connectivity index (χ1v) is 7.81. The Morgan fingerprint density at radius 2 is 1.75 bits per heavy atom. The molecule has 5 heteroatoms. The standard InChI is InChI=1S/C19H22FNO3/c1-12(16-6-4-5-7-17(16)20)19(23)21-13(2)18(22)14-8-10-15(24-3)11-9-14/h4-13,18,22H,1-3H3,(H,21,23). The summed E-state index contributed by atoms with van der Waals surface area (Å²) in [6.07, 6.45) is -0.868. The minimum atomic E-state index is -0.868. The quantitative estimate of drug-likeness (QED) is 0.855. The van der Waals surface area contributed by atoms with Gasteiger partial charge in [0.2, 0.25) is 5.91 Å². The van der Waals surface area contributed by atoms with Crippen molar-refractivity contribution in [1.82, 2.24) is 5.32 Å². The summed E-state index contributed by atoms with van der Waals surface area (Å²) in [6.45, 7) is 3.35. The molecule has 3 unspecified atom stereocenters. The van der Waals surface area contributed by atoms with Gasteiger partial charge in [0.15, 0.2) is 0 Å².